The smallest absolute Gasteiger partial charge is 0.241 e. The number of sulfonamides is 1. The topological polar surface area (TPSA) is 66.4 Å². The molecule has 1 rings (SSSR count). The van der Waals surface area contributed by atoms with Crippen molar-refractivity contribution >= 4 is 10.0 Å². The van der Waals surface area contributed by atoms with Gasteiger partial charge in [0.05, 0.1) is 11.5 Å². The van der Waals surface area contributed by atoms with E-state index >= 15 is 0 Å². The van der Waals surface area contributed by atoms with Gasteiger partial charge in [-0.05, 0) is 30.0 Å². The minimum atomic E-state index is -3.83. The van der Waals surface area contributed by atoms with Crippen LogP contribution in [0.15, 0.2) is 23.1 Å². The first-order valence-corrected chi connectivity index (χ1v) is 7.71. The maximum Gasteiger partial charge on any atom is 0.241 e. The fraction of sp³-hybridized carbons (Fsp3) is 0.538. The summed E-state index contributed by atoms with van der Waals surface area (Å²) in [5.74, 6) is -0.513. The fourth-order valence-corrected chi connectivity index (χ4v) is 3.57. The Labute approximate surface area is 113 Å². The Morgan fingerprint density at radius 3 is 2.47 bits per heavy atom. The summed E-state index contributed by atoms with van der Waals surface area (Å²) in [5, 5.41) is 9.16. The molecule has 0 bridgehead atoms. The molecular weight excluding hydrogens is 269 g/mol. The molecule has 108 valence electrons. The van der Waals surface area contributed by atoms with E-state index in [1.54, 1.807) is 0 Å². The summed E-state index contributed by atoms with van der Waals surface area (Å²) in [4.78, 5) is -0.200. The van der Waals surface area contributed by atoms with Gasteiger partial charge in [0.1, 0.15) is 5.82 Å². The van der Waals surface area contributed by atoms with Gasteiger partial charge in [-0.25, -0.2) is 17.5 Å². The molecule has 0 spiro atoms. The van der Waals surface area contributed by atoms with Gasteiger partial charge in [-0.15, -0.1) is 0 Å². The van der Waals surface area contributed by atoms with E-state index in [1.807, 2.05) is 20.8 Å². The van der Waals surface area contributed by atoms with Crippen LogP contribution in [-0.2, 0) is 16.6 Å². The van der Waals surface area contributed by atoms with Crippen LogP contribution < -0.4 is 4.72 Å². The van der Waals surface area contributed by atoms with Crippen LogP contribution in [0.1, 0.15) is 32.8 Å². The molecule has 0 aliphatic carbocycles. The van der Waals surface area contributed by atoms with E-state index in [0.29, 0.717) is 6.42 Å². The molecule has 0 radical (unpaired) electrons. The summed E-state index contributed by atoms with van der Waals surface area (Å²) < 4.78 is 40.3. The highest BCUT2D eigenvalue weighted by atomic mass is 32.2. The van der Waals surface area contributed by atoms with Crippen molar-refractivity contribution in [2.45, 2.75) is 44.7 Å². The third-order valence-electron chi connectivity index (χ3n) is 3.04. The monoisotopic (exact) mass is 289 g/mol. The summed E-state index contributed by atoms with van der Waals surface area (Å²) in [6, 6.07) is 3.12. The summed E-state index contributed by atoms with van der Waals surface area (Å²) in [6.45, 7) is 5.26. The van der Waals surface area contributed by atoms with Crippen molar-refractivity contribution in [2.75, 3.05) is 0 Å². The lowest BCUT2D eigenvalue weighted by Crippen LogP contribution is -2.38. The van der Waals surface area contributed by atoms with Crippen molar-refractivity contribution in [1.29, 1.82) is 0 Å². The van der Waals surface area contributed by atoms with Crippen LogP contribution >= 0.6 is 0 Å². The third-order valence-corrected chi connectivity index (χ3v) is 4.61. The van der Waals surface area contributed by atoms with Gasteiger partial charge in [-0.1, -0.05) is 26.8 Å². The van der Waals surface area contributed by atoms with E-state index in [2.05, 4.69) is 4.72 Å². The predicted octanol–water partition coefficient (Wildman–Crippen LogP) is 2.03. The molecule has 1 atom stereocenters. The van der Waals surface area contributed by atoms with Gasteiger partial charge in [0.15, 0.2) is 0 Å². The summed E-state index contributed by atoms with van der Waals surface area (Å²) in [6.07, 6.45) is 0.640. The molecule has 0 aromatic heterocycles. The zero-order valence-electron chi connectivity index (χ0n) is 11.4. The zero-order chi connectivity index (χ0) is 14.6. The average Bonchev–Trinajstić information content (AvgIpc) is 2.35. The zero-order valence-corrected chi connectivity index (χ0v) is 12.2. The fourth-order valence-electron chi connectivity index (χ4n) is 1.86. The maximum absolute atomic E-state index is 13.2. The van der Waals surface area contributed by atoms with Crippen LogP contribution in [0.5, 0.6) is 0 Å². The Morgan fingerprint density at radius 2 is 2.00 bits per heavy atom. The van der Waals surface area contributed by atoms with Crippen LogP contribution in [0.25, 0.3) is 0 Å². The van der Waals surface area contributed by atoms with Gasteiger partial charge in [-0.2, -0.15) is 0 Å². The average molecular weight is 289 g/mol. The molecule has 0 aliphatic heterocycles. The largest absolute Gasteiger partial charge is 0.392 e. The number of hydrogen-bond donors (Lipinski definition) is 2. The van der Waals surface area contributed by atoms with E-state index in [-0.39, 0.29) is 22.4 Å². The molecule has 0 fully saturated rings. The Morgan fingerprint density at radius 1 is 1.37 bits per heavy atom. The van der Waals surface area contributed by atoms with Crippen molar-refractivity contribution in [3.05, 3.63) is 29.6 Å². The second-order valence-electron chi connectivity index (χ2n) is 4.79. The number of hydrogen-bond acceptors (Lipinski definition) is 3. The van der Waals surface area contributed by atoms with Crippen LogP contribution in [0.4, 0.5) is 4.39 Å². The van der Waals surface area contributed by atoms with Crippen LogP contribution in [-0.4, -0.2) is 19.6 Å². The van der Waals surface area contributed by atoms with Crippen molar-refractivity contribution in [1.82, 2.24) is 4.72 Å². The van der Waals surface area contributed by atoms with Crippen molar-refractivity contribution in [3.63, 3.8) is 0 Å². The molecule has 1 aromatic carbocycles. The van der Waals surface area contributed by atoms with Crippen LogP contribution in [0.2, 0.25) is 0 Å². The number of aliphatic hydroxyl groups is 1. The predicted molar refractivity (Wildman–Crippen MR) is 71.6 cm³/mol. The van der Waals surface area contributed by atoms with Gasteiger partial charge >= 0.3 is 0 Å². The van der Waals surface area contributed by atoms with E-state index < -0.39 is 22.4 Å². The molecule has 0 heterocycles. The Kier molecular flexibility index (Phi) is 5.46. The number of aliphatic hydroxyl groups excluding tert-OH is 1. The van der Waals surface area contributed by atoms with Crippen LogP contribution in [0.3, 0.4) is 0 Å². The molecule has 0 saturated heterocycles. The lowest BCUT2D eigenvalue weighted by atomic mass is 10.0. The third kappa shape index (κ3) is 3.99. The Bertz CT molecular complexity index is 529. The number of nitrogens with one attached hydrogen (secondary N) is 1. The lowest BCUT2D eigenvalue weighted by Gasteiger charge is -2.21. The quantitative estimate of drug-likeness (QED) is 0.842. The van der Waals surface area contributed by atoms with Gasteiger partial charge < -0.3 is 5.11 Å². The van der Waals surface area contributed by atoms with E-state index in [1.165, 1.54) is 6.07 Å². The Balaban J connectivity index is 3.16. The first-order chi connectivity index (χ1) is 8.81. The molecule has 1 aromatic rings. The van der Waals surface area contributed by atoms with E-state index in [4.69, 9.17) is 5.11 Å². The highest BCUT2D eigenvalue weighted by Gasteiger charge is 2.24. The molecule has 2 N–H and O–H groups in total. The second-order valence-corrected chi connectivity index (χ2v) is 6.47. The Hall–Kier alpha value is -0.980. The lowest BCUT2D eigenvalue weighted by molar-refractivity contribution is 0.278. The van der Waals surface area contributed by atoms with Crippen molar-refractivity contribution in [2.24, 2.45) is 5.92 Å². The second kappa shape index (κ2) is 6.45. The maximum atomic E-state index is 13.2. The summed E-state index contributed by atoms with van der Waals surface area (Å²) >= 11 is 0. The standard InChI is InChI=1S/C13H20FNO3S/c1-4-12(9(2)3)15-19(17,18)13-7-11(14)6-5-10(13)8-16/h5-7,9,12,15-16H,4,8H2,1-3H3. The summed E-state index contributed by atoms with van der Waals surface area (Å²) in [5.41, 5.74) is 0.188. The highest BCUT2D eigenvalue weighted by Crippen LogP contribution is 2.19. The number of rotatable bonds is 6. The molecule has 4 nitrogen and oxygen atoms in total. The van der Waals surface area contributed by atoms with Gasteiger partial charge in [0, 0.05) is 6.04 Å². The molecule has 0 saturated carbocycles. The van der Waals surface area contributed by atoms with E-state index in [0.717, 1.165) is 12.1 Å². The normalized spacial score (nSPS) is 13.8. The molecule has 1 unspecified atom stereocenters. The molecule has 6 heteroatoms. The van der Waals surface area contributed by atoms with Crippen molar-refractivity contribution < 1.29 is 17.9 Å². The van der Waals surface area contributed by atoms with Gasteiger partial charge in [0.2, 0.25) is 10.0 Å². The van der Waals surface area contributed by atoms with Gasteiger partial charge in [-0.3, -0.25) is 0 Å². The highest BCUT2D eigenvalue weighted by molar-refractivity contribution is 7.89. The minimum Gasteiger partial charge on any atom is -0.392 e. The molecule has 0 amide bonds. The van der Waals surface area contributed by atoms with Gasteiger partial charge in [0.25, 0.3) is 0 Å². The van der Waals surface area contributed by atoms with Crippen molar-refractivity contribution in [3.8, 4) is 0 Å². The molecule has 0 aliphatic rings. The summed E-state index contributed by atoms with van der Waals surface area (Å²) in [7, 11) is -3.83. The first kappa shape index (κ1) is 16.1. The molecular formula is C13H20FNO3S. The minimum absolute atomic E-state index is 0.130. The van der Waals surface area contributed by atoms with Crippen LogP contribution in [0, 0.1) is 11.7 Å². The SMILES string of the molecule is CCC(NS(=O)(=O)c1cc(F)ccc1CO)C(C)C. The molecule has 19 heavy (non-hydrogen) atoms. The first-order valence-electron chi connectivity index (χ1n) is 6.23. The number of benzene rings is 1. The van der Waals surface area contributed by atoms with E-state index in [9.17, 15) is 12.8 Å². The number of halogens is 1.